The molecule has 2 aromatic carbocycles. The smallest absolute Gasteiger partial charge is 0.238 e. The Labute approximate surface area is 160 Å². The minimum Gasteiger partial charge on any atom is -0.311 e. The second kappa shape index (κ2) is 7.57. The Bertz CT molecular complexity index is 976. The SMILES string of the molecule is CC(SCC(=O)N1CCc2cc(S(N)(=O)=O)ccc21)c1c(F)cccc1F. The number of fused-ring (bicyclic) bond motifs is 1. The van der Waals surface area contributed by atoms with Crippen molar-refractivity contribution >= 4 is 33.4 Å². The largest absolute Gasteiger partial charge is 0.311 e. The van der Waals surface area contributed by atoms with E-state index >= 15 is 0 Å². The van der Waals surface area contributed by atoms with Crippen molar-refractivity contribution in [2.75, 3.05) is 17.2 Å². The average molecular weight is 412 g/mol. The normalized spacial score (nSPS) is 14.9. The highest BCUT2D eigenvalue weighted by atomic mass is 32.2. The quantitative estimate of drug-likeness (QED) is 0.819. The van der Waals surface area contributed by atoms with Crippen molar-refractivity contribution < 1.29 is 22.0 Å². The Morgan fingerprint density at radius 1 is 1.26 bits per heavy atom. The van der Waals surface area contributed by atoms with E-state index in [1.807, 2.05) is 0 Å². The first-order chi connectivity index (χ1) is 12.7. The number of benzene rings is 2. The minimum absolute atomic E-state index is 0.00794. The van der Waals surface area contributed by atoms with Crippen LogP contribution in [0.5, 0.6) is 0 Å². The van der Waals surface area contributed by atoms with Gasteiger partial charge >= 0.3 is 0 Å². The van der Waals surface area contributed by atoms with E-state index < -0.39 is 26.9 Å². The molecule has 5 nitrogen and oxygen atoms in total. The molecule has 2 N–H and O–H groups in total. The van der Waals surface area contributed by atoms with E-state index in [2.05, 4.69) is 0 Å². The Hall–Kier alpha value is -1.97. The number of nitrogens with two attached hydrogens (primary N) is 1. The summed E-state index contributed by atoms with van der Waals surface area (Å²) in [6, 6.07) is 8.08. The van der Waals surface area contributed by atoms with Gasteiger partial charge < -0.3 is 4.90 Å². The number of sulfonamides is 1. The van der Waals surface area contributed by atoms with Crippen LogP contribution >= 0.6 is 11.8 Å². The van der Waals surface area contributed by atoms with Gasteiger partial charge in [-0.3, -0.25) is 4.79 Å². The first kappa shape index (κ1) is 19.8. The monoisotopic (exact) mass is 412 g/mol. The molecule has 0 saturated carbocycles. The van der Waals surface area contributed by atoms with Crippen LogP contribution < -0.4 is 10.0 Å². The van der Waals surface area contributed by atoms with Crippen LogP contribution in [0.2, 0.25) is 0 Å². The third-order valence-electron chi connectivity index (χ3n) is 4.44. The molecule has 0 bridgehead atoms. The second-order valence-corrected chi connectivity index (χ2v) is 9.11. The molecule has 0 spiro atoms. The van der Waals surface area contributed by atoms with Gasteiger partial charge in [-0.05, 0) is 49.2 Å². The number of amides is 1. The van der Waals surface area contributed by atoms with Crippen LogP contribution in [0.1, 0.15) is 23.3 Å². The molecule has 0 radical (unpaired) electrons. The summed E-state index contributed by atoms with van der Waals surface area (Å²) in [6.45, 7) is 2.07. The zero-order valence-electron chi connectivity index (χ0n) is 14.5. The van der Waals surface area contributed by atoms with E-state index in [-0.39, 0.29) is 22.1 Å². The van der Waals surface area contributed by atoms with E-state index in [1.165, 1.54) is 30.3 Å². The van der Waals surface area contributed by atoms with Gasteiger partial charge in [0, 0.05) is 23.0 Å². The highest BCUT2D eigenvalue weighted by molar-refractivity contribution is 8.00. The number of hydrogen-bond donors (Lipinski definition) is 1. The number of anilines is 1. The fourth-order valence-electron chi connectivity index (χ4n) is 3.07. The summed E-state index contributed by atoms with van der Waals surface area (Å²) in [5.74, 6) is -1.43. The van der Waals surface area contributed by atoms with E-state index in [0.29, 0.717) is 18.7 Å². The lowest BCUT2D eigenvalue weighted by molar-refractivity contribution is -0.116. The fraction of sp³-hybridized carbons (Fsp3) is 0.278. The average Bonchev–Trinajstić information content (AvgIpc) is 3.02. The number of rotatable bonds is 5. The first-order valence-electron chi connectivity index (χ1n) is 8.20. The summed E-state index contributed by atoms with van der Waals surface area (Å²) in [7, 11) is -3.80. The van der Waals surface area contributed by atoms with Gasteiger partial charge in [0.25, 0.3) is 0 Å². The molecule has 0 aliphatic carbocycles. The highest BCUT2D eigenvalue weighted by Crippen LogP contribution is 2.34. The van der Waals surface area contributed by atoms with Crippen LogP contribution in [0.3, 0.4) is 0 Å². The predicted molar refractivity (Wildman–Crippen MR) is 101 cm³/mol. The molecule has 27 heavy (non-hydrogen) atoms. The number of carbonyl (C=O) groups is 1. The number of hydrogen-bond acceptors (Lipinski definition) is 4. The van der Waals surface area contributed by atoms with Crippen LogP contribution in [-0.2, 0) is 21.2 Å². The Morgan fingerprint density at radius 3 is 2.56 bits per heavy atom. The summed E-state index contributed by atoms with van der Waals surface area (Å²) in [6.07, 6.45) is 0.520. The molecule has 0 aromatic heterocycles. The Balaban J connectivity index is 1.70. The van der Waals surface area contributed by atoms with E-state index in [4.69, 9.17) is 5.14 Å². The molecule has 9 heteroatoms. The maximum atomic E-state index is 13.8. The van der Waals surface area contributed by atoms with Gasteiger partial charge in [-0.15, -0.1) is 11.8 Å². The Kier molecular flexibility index (Phi) is 5.55. The van der Waals surface area contributed by atoms with Gasteiger partial charge in [0.15, 0.2) is 0 Å². The Morgan fingerprint density at radius 2 is 1.93 bits per heavy atom. The third kappa shape index (κ3) is 4.15. The zero-order chi connectivity index (χ0) is 19.8. The molecular weight excluding hydrogens is 394 g/mol. The molecule has 3 rings (SSSR count). The standard InChI is InChI=1S/C18H18F2N2O3S2/c1-11(18-14(19)3-2-4-15(18)20)26-10-17(23)22-8-7-12-9-13(27(21,24)25)5-6-16(12)22/h2-6,9,11H,7-8,10H2,1H3,(H2,21,24,25). The van der Waals surface area contributed by atoms with Gasteiger partial charge in [-0.2, -0.15) is 0 Å². The van der Waals surface area contributed by atoms with Crippen molar-refractivity contribution in [3.63, 3.8) is 0 Å². The number of carbonyl (C=O) groups excluding carboxylic acids is 1. The van der Waals surface area contributed by atoms with Crippen molar-refractivity contribution in [2.45, 2.75) is 23.5 Å². The number of primary sulfonamides is 1. The van der Waals surface area contributed by atoms with Gasteiger partial charge in [-0.1, -0.05) is 6.07 Å². The maximum absolute atomic E-state index is 13.8. The van der Waals surface area contributed by atoms with Crippen molar-refractivity contribution in [1.82, 2.24) is 0 Å². The molecule has 0 fully saturated rings. The summed E-state index contributed by atoms with van der Waals surface area (Å²) >= 11 is 1.15. The van der Waals surface area contributed by atoms with Gasteiger partial charge in [-0.25, -0.2) is 22.3 Å². The summed E-state index contributed by atoms with van der Waals surface area (Å²) in [5.41, 5.74) is 1.32. The molecule has 1 heterocycles. The van der Waals surface area contributed by atoms with Crippen molar-refractivity contribution in [1.29, 1.82) is 0 Å². The van der Waals surface area contributed by atoms with Gasteiger partial charge in [0.1, 0.15) is 11.6 Å². The molecule has 1 aliphatic heterocycles. The summed E-state index contributed by atoms with van der Waals surface area (Å²) in [5, 5.41) is 4.61. The lowest BCUT2D eigenvalue weighted by Crippen LogP contribution is -2.30. The lowest BCUT2D eigenvalue weighted by Gasteiger charge is -2.19. The predicted octanol–water partition coefficient (Wildman–Crippen LogP) is 3.00. The molecule has 2 aromatic rings. The van der Waals surface area contributed by atoms with E-state index in [0.717, 1.165) is 17.3 Å². The van der Waals surface area contributed by atoms with Crippen LogP contribution in [0.4, 0.5) is 14.5 Å². The van der Waals surface area contributed by atoms with Gasteiger partial charge in [0.05, 0.1) is 10.6 Å². The van der Waals surface area contributed by atoms with Crippen molar-refractivity contribution in [2.24, 2.45) is 5.14 Å². The summed E-state index contributed by atoms with van der Waals surface area (Å²) < 4.78 is 50.6. The number of thioether (sulfide) groups is 1. The van der Waals surface area contributed by atoms with Crippen molar-refractivity contribution in [3.05, 3.63) is 59.2 Å². The van der Waals surface area contributed by atoms with Crippen LogP contribution in [0.15, 0.2) is 41.3 Å². The molecule has 1 amide bonds. The molecule has 1 unspecified atom stereocenters. The molecular formula is C18H18F2N2O3S2. The molecule has 0 saturated heterocycles. The molecule has 144 valence electrons. The van der Waals surface area contributed by atoms with E-state index in [9.17, 15) is 22.0 Å². The van der Waals surface area contributed by atoms with Crippen molar-refractivity contribution in [3.8, 4) is 0 Å². The number of nitrogens with zero attached hydrogens (tertiary/aromatic N) is 1. The zero-order valence-corrected chi connectivity index (χ0v) is 16.1. The van der Waals surface area contributed by atoms with Gasteiger partial charge in [0.2, 0.25) is 15.9 Å². The highest BCUT2D eigenvalue weighted by Gasteiger charge is 2.27. The summed E-state index contributed by atoms with van der Waals surface area (Å²) in [4.78, 5) is 14.1. The fourth-order valence-corrected chi connectivity index (χ4v) is 4.58. The molecule has 1 atom stereocenters. The van der Waals surface area contributed by atoms with Crippen LogP contribution in [0, 0.1) is 11.6 Å². The number of halogens is 2. The third-order valence-corrected chi connectivity index (χ3v) is 6.50. The van der Waals surface area contributed by atoms with Crippen LogP contribution in [-0.4, -0.2) is 26.6 Å². The lowest BCUT2D eigenvalue weighted by atomic mass is 10.1. The topological polar surface area (TPSA) is 80.5 Å². The second-order valence-electron chi connectivity index (χ2n) is 6.22. The first-order valence-corrected chi connectivity index (χ1v) is 10.8. The maximum Gasteiger partial charge on any atom is 0.238 e. The molecule has 1 aliphatic rings. The van der Waals surface area contributed by atoms with Crippen LogP contribution in [0.25, 0.3) is 0 Å². The minimum atomic E-state index is -3.80. The van der Waals surface area contributed by atoms with E-state index in [1.54, 1.807) is 17.9 Å².